The van der Waals surface area contributed by atoms with E-state index in [9.17, 15) is 0 Å². The van der Waals surface area contributed by atoms with Crippen LogP contribution < -0.4 is 32.8 Å². The van der Waals surface area contributed by atoms with Crippen LogP contribution in [0.25, 0.3) is 102 Å². The molecular formula is C45H32B6N4S2. The molecule has 0 aliphatic rings. The fourth-order valence-corrected chi connectivity index (χ4v) is 11.8. The van der Waals surface area contributed by atoms with Gasteiger partial charge in [-0.1, -0.05) is 124 Å². The van der Waals surface area contributed by atoms with Crippen molar-refractivity contribution in [1.82, 2.24) is 19.5 Å². The Bertz CT molecular complexity index is 3500. The maximum absolute atomic E-state index is 5.28. The fourth-order valence-electron chi connectivity index (χ4n) is 9.26. The molecule has 57 heavy (non-hydrogen) atoms. The predicted molar refractivity (Wildman–Crippen MR) is 265 cm³/mol. The van der Waals surface area contributed by atoms with Crippen molar-refractivity contribution >= 4 is 165 Å². The summed E-state index contributed by atoms with van der Waals surface area (Å²) in [5, 5.41) is 7.86. The van der Waals surface area contributed by atoms with Crippen LogP contribution in [0.4, 0.5) is 0 Å². The van der Waals surface area contributed by atoms with E-state index in [1.807, 2.05) is 29.5 Å². The van der Waals surface area contributed by atoms with Gasteiger partial charge in [0.2, 0.25) is 0 Å². The van der Waals surface area contributed by atoms with Crippen molar-refractivity contribution < 1.29 is 0 Å². The molecule has 0 spiro atoms. The highest BCUT2D eigenvalue weighted by Crippen LogP contribution is 2.40. The zero-order chi connectivity index (χ0) is 38.7. The third-order valence-corrected chi connectivity index (χ3v) is 14.3. The molecular weight excluding hydrogens is 726 g/mol. The Morgan fingerprint density at radius 2 is 1.11 bits per heavy atom. The minimum absolute atomic E-state index is 0.651. The first-order valence-corrected chi connectivity index (χ1v) is 21.1. The van der Waals surface area contributed by atoms with E-state index in [4.69, 9.17) is 15.0 Å². The standard InChI is InChI=1S/C45H32B6N4S2/c46-23-17-29-34-36(50)35-30-18-24(47)20-32(49)41(30)57-42(35)37(51)39(34)55(38(29)31(48)19-23)25-11-6-10-22(16-25)44-52-43(21-8-2-1-3-9-21)53-45(54-44)28-14-7-13-27-26-12-4-5-15-33(26)56-40(27)28/h1-20H,46-51H2. The fraction of sp³-hybridized carbons (Fsp3) is 0. The molecule has 262 valence electrons. The van der Waals surface area contributed by atoms with Crippen LogP contribution in [0, 0.1) is 0 Å². The van der Waals surface area contributed by atoms with Gasteiger partial charge in [-0.05, 0) is 40.5 Å². The third-order valence-electron chi connectivity index (χ3n) is 11.6. The van der Waals surface area contributed by atoms with Crippen molar-refractivity contribution in [2.75, 3.05) is 0 Å². The summed E-state index contributed by atoms with van der Waals surface area (Å²) < 4.78 is 7.69. The molecule has 12 heteroatoms. The Hall–Kier alpha value is -5.82. The smallest absolute Gasteiger partial charge is 0.165 e. The number of fused-ring (bicyclic) bond motifs is 9. The van der Waals surface area contributed by atoms with E-state index >= 15 is 0 Å². The number of hydrogen-bond donors (Lipinski definition) is 0. The molecule has 0 unspecified atom stereocenters. The molecule has 0 fully saturated rings. The van der Waals surface area contributed by atoms with Crippen molar-refractivity contribution in [3.63, 3.8) is 0 Å². The maximum atomic E-state index is 5.28. The Balaban J connectivity index is 1.18. The molecule has 11 aromatic rings. The third kappa shape index (κ3) is 5.23. The Labute approximate surface area is 343 Å². The van der Waals surface area contributed by atoms with Crippen LogP contribution in [0.5, 0.6) is 0 Å². The van der Waals surface area contributed by atoms with E-state index in [1.165, 1.54) is 94.9 Å². The van der Waals surface area contributed by atoms with Gasteiger partial charge in [-0.25, -0.2) is 15.0 Å². The molecule has 0 atom stereocenters. The zero-order valence-corrected chi connectivity index (χ0v) is 34.3. The monoisotopic (exact) mass is 758 g/mol. The second kappa shape index (κ2) is 12.9. The second-order valence-corrected chi connectivity index (χ2v) is 17.6. The van der Waals surface area contributed by atoms with Crippen LogP contribution in [0.1, 0.15) is 0 Å². The molecule has 0 radical (unpaired) electrons. The normalized spacial score (nSPS) is 11.9. The van der Waals surface area contributed by atoms with Gasteiger partial charge in [-0.2, -0.15) is 0 Å². The van der Waals surface area contributed by atoms with E-state index in [1.54, 1.807) is 11.3 Å². The molecule has 11 rings (SSSR count). The lowest BCUT2D eigenvalue weighted by Crippen LogP contribution is -2.17. The molecule has 7 aromatic carbocycles. The summed E-state index contributed by atoms with van der Waals surface area (Å²) in [6.07, 6.45) is 0. The molecule has 4 nitrogen and oxygen atoms in total. The Kier molecular flexibility index (Phi) is 7.76. The van der Waals surface area contributed by atoms with Crippen LogP contribution in [-0.2, 0) is 0 Å². The summed E-state index contributed by atoms with van der Waals surface area (Å²) in [6.45, 7) is 0. The topological polar surface area (TPSA) is 43.6 Å². The van der Waals surface area contributed by atoms with Crippen molar-refractivity contribution in [3.8, 4) is 39.9 Å². The summed E-state index contributed by atoms with van der Waals surface area (Å²) in [4.78, 5) is 15.6. The average Bonchev–Trinajstić information content (AvgIpc) is 3.91. The van der Waals surface area contributed by atoms with E-state index in [0.717, 1.165) is 22.4 Å². The van der Waals surface area contributed by atoms with Gasteiger partial charge in [0.25, 0.3) is 0 Å². The van der Waals surface area contributed by atoms with E-state index in [2.05, 4.69) is 155 Å². The van der Waals surface area contributed by atoms with Gasteiger partial charge in [0.1, 0.15) is 47.1 Å². The second-order valence-electron chi connectivity index (χ2n) is 15.6. The number of thiophene rings is 2. The number of hydrogen-bond acceptors (Lipinski definition) is 5. The van der Waals surface area contributed by atoms with E-state index in [-0.39, 0.29) is 0 Å². The van der Waals surface area contributed by atoms with Gasteiger partial charge in [-0.15, -0.1) is 22.7 Å². The predicted octanol–water partition coefficient (Wildman–Crippen LogP) is 2.26. The van der Waals surface area contributed by atoms with Crippen LogP contribution >= 0.6 is 22.7 Å². The lowest BCUT2D eigenvalue weighted by Gasteiger charge is -2.14. The Morgan fingerprint density at radius 3 is 1.93 bits per heavy atom. The van der Waals surface area contributed by atoms with Gasteiger partial charge >= 0.3 is 0 Å². The number of nitrogens with zero attached hydrogens (tertiary/aromatic N) is 4. The first-order valence-electron chi connectivity index (χ1n) is 19.4. The van der Waals surface area contributed by atoms with Crippen molar-refractivity contribution in [1.29, 1.82) is 0 Å². The quantitative estimate of drug-likeness (QED) is 0.259. The number of benzene rings is 7. The van der Waals surface area contributed by atoms with E-state index in [0.29, 0.717) is 17.5 Å². The van der Waals surface area contributed by atoms with Gasteiger partial charge in [0.05, 0.1) is 0 Å². The molecule has 0 N–H and O–H groups in total. The molecule has 0 aliphatic carbocycles. The van der Waals surface area contributed by atoms with Gasteiger partial charge in [-0.3, -0.25) is 0 Å². The summed E-state index contributed by atoms with van der Waals surface area (Å²) in [5.41, 5.74) is 14.3. The van der Waals surface area contributed by atoms with Crippen molar-refractivity contribution in [3.05, 3.63) is 121 Å². The lowest BCUT2D eigenvalue weighted by molar-refractivity contribution is 1.07. The molecule has 0 aliphatic heterocycles. The minimum Gasteiger partial charge on any atom is -0.310 e. The average molecular weight is 758 g/mol. The largest absolute Gasteiger partial charge is 0.310 e. The highest BCUT2D eigenvalue weighted by molar-refractivity contribution is 7.28. The van der Waals surface area contributed by atoms with Crippen LogP contribution in [0.2, 0.25) is 0 Å². The summed E-state index contributed by atoms with van der Waals surface area (Å²) in [7, 11) is 13.6. The van der Waals surface area contributed by atoms with Crippen molar-refractivity contribution in [2.45, 2.75) is 0 Å². The maximum Gasteiger partial charge on any atom is 0.165 e. The SMILES string of the molecule is Bc1cc(B)c2sc3c(B)c4c(c(B)c3c2c1)c1cc(B)cc(B)c1n4-c1cccc(-c2nc(-c3ccccc3)nc(-c3cccc4c3sc3ccccc34)n2)c1. The summed E-state index contributed by atoms with van der Waals surface area (Å²) in [5.74, 6) is 1.98. The highest BCUT2D eigenvalue weighted by atomic mass is 32.1. The lowest BCUT2D eigenvalue weighted by atomic mass is 9.78. The number of rotatable bonds is 4. The molecule has 0 saturated carbocycles. The first kappa shape index (κ1) is 34.4. The number of aromatic nitrogens is 4. The molecule has 0 amide bonds. The summed E-state index contributed by atoms with van der Waals surface area (Å²) in [6, 6.07) is 43.5. The molecule has 0 saturated heterocycles. The van der Waals surface area contributed by atoms with E-state index < -0.39 is 0 Å². The van der Waals surface area contributed by atoms with Gasteiger partial charge in [0, 0.05) is 73.8 Å². The van der Waals surface area contributed by atoms with Gasteiger partial charge < -0.3 is 4.57 Å². The zero-order valence-electron chi connectivity index (χ0n) is 32.7. The van der Waals surface area contributed by atoms with Crippen molar-refractivity contribution in [2.24, 2.45) is 0 Å². The van der Waals surface area contributed by atoms with Gasteiger partial charge in [0.15, 0.2) is 17.5 Å². The highest BCUT2D eigenvalue weighted by Gasteiger charge is 2.24. The minimum atomic E-state index is 0.651. The molecule has 4 aromatic heterocycles. The first-order chi connectivity index (χ1) is 27.7. The molecule has 4 heterocycles. The molecule has 0 bridgehead atoms. The van der Waals surface area contributed by atoms with Crippen LogP contribution in [0.15, 0.2) is 121 Å². The summed E-state index contributed by atoms with van der Waals surface area (Å²) >= 11 is 3.73. The van der Waals surface area contributed by atoms with Crippen LogP contribution in [0.3, 0.4) is 0 Å². The van der Waals surface area contributed by atoms with Crippen LogP contribution in [-0.4, -0.2) is 66.6 Å². The Morgan fingerprint density at radius 1 is 0.439 bits per heavy atom.